The van der Waals surface area contributed by atoms with Crippen molar-refractivity contribution in [1.82, 2.24) is 9.78 Å². The van der Waals surface area contributed by atoms with Crippen molar-refractivity contribution in [3.05, 3.63) is 66.0 Å². The lowest BCUT2D eigenvalue weighted by atomic mass is 10.2. The normalized spacial score (nSPS) is 12.5. The molecule has 0 saturated heterocycles. The molecule has 1 aliphatic rings. The Hall–Kier alpha value is -4.14. The third kappa shape index (κ3) is 3.16. The maximum atomic E-state index is 12.7. The second-order valence-electron chi connectivity index (χ2n) is 5.94. The van der Waals surface area contributed by atoms with E-state index in [4.69, 9.17) is 4.74 Å². The van der Waals surface area contributed by atoms with Gasteiger partial charge in [0.15, 0.2) is 18.0 Å². The van der Waals surface area contributed by atoms with Crippen LogP contribution in [-0.2, 0) is 4.79 Å². The van der Waals surface area contributed by atoms with Gasteiger partial charge in [0, 0.05) is 6.07 Å². The minimum Gasteiger partial charge on any atom is -0.481 e. The number of rotatable bonds is 4. The zero-order chi connectivity index (χ0) is 19.7. The summed E-state index contributed by atoms with van der Waals surface area (Å²) in [7, 11) is 0. The molecule has 140 valence electrons. The first-order chi connectivity index (χ1) is 13.5. The summed E-state index contributed by atoms with van der Waals surface area (Å²) in [5.74, 6) is -1.74. The second kappa shape index (κ2) is 6.88. The Kier molecular flexibility index (Phi) is 4.24. The van der Waals surface area contributed by atoms with E-state index in [1.165, 1.54) is 10.7 Å². The minimum atomic E-state index is -1.21. The van der Waals surface area contributed by atoms with E-state index < -0.39 is 11.9 Å². The van der Waals surface area contributed by atoms with Gasteiger partial charge in [0.2, 0.25) is 0 Å². The van der Waals surface area contributed by atoms with E-state index in [9.17, 15) is 19.5 Å². The molecule has 0 bridgehead atoms. The lowest BCUT2D eigenvalue weighted by Crippen LogP contribution is -2.26. The van der Waals surface area contributed by atoms with Crippen LogP contribution in [0, 0.1) is 0 Å². The minimum absolute atomic E-state index is 0.0816. The SMILES string of the molecule is O=C1COc2cccc(NC(=O)c3cc(C(=O)O)n(-c4ccccc4)n3)c2N1. The number of hydrogen-bond acceptors (Lipinski definition) is 5. The van der Waals surface area contributed by atoms with E-state index in [0.29, 0.717) is 22.8 Å². The third-order valence-electron chi connectivity index (χ3n) is 4.06. The molecule has 0 saturated carbocycles. The van der Waals surface area contributed by atoms with Gasteiger partial charge >= 0.3 is 5.97 Å². The van der Waals surface area contributed by atoms with Gasteiger partial charge in [-0.15, -0.1) is 0 Å². The molecule has 2 aromatic carbocycles. The molecule has 2 heterocycles. The molecular formula is C19H14N4O5. The van der Waals surface area contributed by atoms with Gasteiger partial charge in [-0.2, -0.15) is 5.10 Å². The van der Waals surface area contributed by atoms with Crippen LogP contribution in [0.3, 0.4) is 0 Å². The molecule has 3 N–H and O–H groups in total. The molecule has 9 heteroatoms. The summed E-state index contributed by atoms with van der Waals surface area (Å²) in [5, 5.41) is 18.9. The van der Waals surface area contributed by atoms with Crippen molar-refractivity contribution in [3.63, 3.8) is 0 Å². The van der Waals surface area contributed by atoms with Crippen LogP contribution >= 0.6 is 0 Å². The highest BCUT2D eigenvalue weighted by Crippen LogP contribution is 2.35. The summed E-state index contributed by atoms with van der Waals surface area (Å²) in [6, 6.07) is 14.7. The number of amides is 2. The van der Waals surface area contributed by atoms with Gasteiger partial charge in [-0.3, -0.25) is 9.59 Å². The molecule has 9 nitrogen and oxygen atoms in total. The number of fused-ring (bicyclic) bond motifs is 1. The van der Waals surface area contributed by atoms with Crippen molar-refractivity contribution in [2.75, 3.05) is 17.2 Å². The molecule has 3 aromatic rings. The predicted molar refractivity (Wildman–Crippen MR) is 99.0 cm³/mol. The Morgan fingerprint density at radius 3 is 2.68 bits per heavy atom. The molecule has 0 fully saturated rings. The standard InChI is InChI=1S/C19H14N4O5/c24-16-10-28-15-8-4-7-12(17(15)21-16)20-18(25)13-9-14(19(26)27)23(22-13)11-5-2-1-3-6-11/h1-9H,10H2,(H,20,25)(H,21,24)(H,26,27). The lowest BCUT2D eigenvalue weighted by molar-refractivity contribution is -0.118. The van der Waals surface area contributed by atoms with Gasteiger partial charge < -0.3 is 20.5 Å². The van der Waals surface area contributed by atoms with Gasteiger partial charge in [0.1, 0.15) is 11.4 Å². The Bertz CT molecular complexity index is 1090. The first-order valence-electron chi connectivity index (χ1n) is 8.29. The van der Waals surface area contributed by atoms with Gasteiger partial charge in [0.25, 0.3) is 11.8 Å². The number of aromatic nitrogens is 2. The Morgan fingerprint density at radius 2 is 1.93 bits per heavy atom. The van der Waals surface area contributed by atoms with Crippen LogP contribution in [0.4, 0.5) is 11.4 Å². The van der Waals surface area contributed by atoms with Crippen molar-refractivity contribution in [2.45, 2.75) is 0 Å². The zero-order valence-corrected chi connectivity index (χ0v) is 14.4. The number of hydrogen-bond donors (Lipinski definition) is 3. The van der Waals surface area contributed by atoms with E-state index in [1.807, 2.05) is 0 Å². The Balaban J connectivity index is 1.67. The summed E-state index contributed by atoms with van der Waals surface area (Å²) in [6.45, 7) is -0.103. The first-order valence-corrected chi connectivity index (χ1v) is 8.29. The van der Waals surface area contributed by atoms with Gasteiger partial charge in [-0.1, -0.05) is 24.3 Å². The van der Waals surface area contributed by atoms with E-state index in [0.717, 1.165) is 0 Å². The summed E-state index contributed by atoms with van der Waals surface area (Å²) >= 11 is 0. The van der Waals surface area contributed by atoms with Gasteiger partial charge in [0.05, 0.1) is 11.4 Å². The number of nitrogens with zero attached hydrogens (tertiary/aromatic N) is 2. The molecule has 0 unspecified atom stereocenters. The predicted octanol–water partition coefficient (Wildman–Crippen LogP) is 2.15. The number of nitrogens with one attached hydrogen (secondary N) is 2. The number of aromatic carboxylic acids is 1. The molecule has 0 atom stereocenters. The van der Waals surface area contributed by atoms with Crippen LogP contribution in [-0.4, -0.2) is 39.3 Å². The Morgan fingerprint density at radius 1 is 1.14 bits per heavy atom. The van der Waals surface area contributed by atoms with Crippen molar-refractivity contribution in [2.24, 2.45) is 0 Å². The van der Waals surface area contributed by atoms with E-state index in [1.54, 1.807) is 48.5 Å². The van der Waals surface area contributed by atoms with Crippen LogP contribution < -0.4 is 15.4 Å². The first kappa shape index (κ1) is 17.3. The molecule has 28 heavy (non-hydrogen) atoms. The number of benzene rings is 2. The van der Waals surface area contributed by atoms with Crippen LogP contribution in [0.2, 0.25) is 0 Å². The Labute approximate surface area is 158 Å². The topological polar surface area (TPSA) is 123 Å². The second-order valence-corrected chi connectivity index (χ2v) is 5.94. The fourth-order valence-electron chi connectivity index (χ4n) is 2.80. The smallest absolute Gasteiger partial charge is 0.354 e. The van der Waals surface area contributed by atoms with Crippen molar-refractivity contribution in [3.8, 4) is 11.4 Å². The van der Waals surface area contributed by atoms with Crippen LogP contribution in [0.15, 0.2) is 54.6 Å². The van der Waals surface area contributed by atoms with Crippen LogP contribution in [0.1, 0.15) is 21.0 Å². The van der Waals surface area contributed by atoms with Crippen molar-refractivity contribution in [1.29, 1.82) is 0 Å². The summed E-state index contributed by atoms with van der Waals surface area (Å²) in [4.78, 5) is 35.8. The third-order valence-corrected chi connectivity index (χ3v) is 4.06. The van der Waals surface area contributed by atoms with Crippen molar-refractivity contribution < 1.29 is 24.2 Å². The molecule has 0 spiro atoms. The monoisotopic (exact) mass is 378 g/mol. The highest BCUT2D eigenvalue weighted by Gasteiger charge is 2.23. The summed E-state index contributed by atoms with van der Waals surface area (Å²) in [5.41, 5.74) is 0.941. The van der Waals surface area contributed by atoms with E-state index in [-0.39, 0.29) is 23.9 Å². The molecule has 0 aliphatic carbocycles. The summed E-state index contributed by atoms with van der Waals surface area (Å²) < 4.78 is 6.50. The van der Waals surface area contributed by atoms with Crippen LogP contribution in [0.5, 0.6) is 5.75 Å². The molecule has 1 aromatic heterocycles. The number of para-hydroxylation sites is 2. The lowest BCUT2D eigenvalue weighted by Gasteiger charge is -2.20. The fraction of sp³-hybridized carbons (Fsp3) is 0.0526. The zero-order valence-electron chi connectivity index (χ0n) is 14.4. The fourth-order valence-corrected chi connectivity index (χ4v) is 2.80. The molecule has 0 radical (unpaired) electrons. The van der Waals surface area contributed by atoms with Crippen molar-refractivity contribution >= 4 is 29.2 Å². The summed E-state index contributed by atoms with van der Waals surface area (Å²) in [6.07, 6.45) is 0. The number of ether oxygens (including phenoxy) is 1. The molecule has 4 rings (SSSR count). The highest BCUT2D eigenvalue weighted by molar-refractivity contribution is 6.08. The maximum absolute atomic E-state index is 12.7. The molecule has 2 amide bonds. The van der Waals surface area contributed by atoms with E-state index in [2.05, 4.69) is 15.7 Å². The number of carbonyl (C=O) groups excluding carboxylic acids is 2. The van der Waals surface area contributed by atoms with Gasteiger partial charge in [-0.05, 0) is 24.3 Å². The number of anilines is 2. The quantitative estimate of drug-likeness (QED) is 0.639. The number of carbonyl (C=O) groups is 3. The largest absolute Gasteiger partial charge is 0.481 e. The van der Waals surface area contributed by atoms with Crippen LogP contribution in [0.25, 0.3) is 5.69 Å². The molecule has 1 aliphatic heterocycles. The highest BCUT2D eigenvalue weighted by atomic mass is 16.5. The van der Waals surface area contributed by atoms with Gasteiger partial charge in [-0.25, -0.2) is 9.48 Å². The average molecular weight is 378 g/mol. The van der Waals surface area contributed by atoms with E-state index >= 15 is 0 Å². The molecular weight excluding hydrogens is 364 g/mol. The number of carboxylic acid groups (broad SMARTS) is 1. The average Bonchev–Trinajstić information content (AvgIpc) is 3.15. The maximum Gasteiger partial charge on any atom is 0.354 e. The number of carboxylic acids is 1.